The van der Waals surface area contributed by atoms with E-state index in [1.54, 1.807) is 0 Å². The number of carbonyl (C=O) groups is 1. The molecule has 1 unspecified atom stereocenters. The number of hydrogen-bond donors (Lipinski definition) is 2. The lowest BCUT2D eigenvalue weighted by molar-refractivity contribution is -0.140. The van der Waals surface area contributed by atoms with Crippen molar-refractivity contribution in [2.75, 3.05) is 0 Å². The van der Waals surface area contributed by atoms with Gasteiger partial charge in [-0.1, -0.05) is 19.8 Å². The van der Waals surface area contributed by atoms with Crippen LogP contribution in [0.3, 0.4) is 0 Å². The lowest BCUT2D eigenvalue weighted by Gasteiger charge is -2.30. The monoisotopic (exact) mass is 213 g/mol. The molecule has 1 fully saturated rings. The van der Waals surface area contributed by atoms with Crippen molar-refractivity contribution in [2.24, 2.45) is 5.92 Å². The molecule has 0 bridgehead atoms. The van der Waals surface area contributed by atoms with Crippen LogP contribution in [0.2, 0.25) is 0 Å². The number of hydrogen-bond acceptors (Lipinski definition) is 2. The summed E-state index contributed by atoms with van der Waals surface area (Å²) in [5.41, 5.74) is -0.0171. The molecule has 1 rings (SSSR count). The normalized spacial score (nSPS) is 18.9. The van der Waals surface area contributed by atoms with E-state index in [0.29, 0.717) is 5.92 Å². The van der Waals surface area contributed by atoms with Crippen molar-refractivity contribution < 1.29 is 9.90 Å². The van der Waals surface area contributed by atoms with Gasteiger partial charge in [0.25, 0.3) is 0 Å². The van der Waals surface area contributed by atoms with Crippen LogP contribution in [0, 0.1) is 5.92 Å². The molecular formula is C12H23NO2. The molecule has 88 valence electrons. The fourth-order valence-corrected chi connectivity index (χ4v) is 2.04. The highest BCUT2D eigenvalue weighted by atomic mass is 16.4. The number of unbranched alkanes of at least 4 members (excludes halogenated alkanes) is 1. The van der Waals surface area contributed by atoms with E-state index in [1.807, 2.05) is 0 Å². The minimum atomic E-state index is -0.711. The Hall–Kier alpha value is -0.570. The van der Waals surface area contributed by atoms with Gasteiger partial charge in [0.05, 0.1) is 0 Å². The third kappa shape index (κ3) is 3.82. The van der Waals surface area contributed by atoms with E-state index in [1.165, 1.54) is 12.8 Å². The number of aliphatic carboxylic acids is 1. The minimum absolute atomic E-state index is 0.0171. The molecule has 0 aromatic heterocycles. The predicted molar refractivity (Wildman–Crippen MR) is 60.9 cm³/mol. The SMILES string of the molecule is CCCCC(NC(C)(C)C1CC1)C(=O)O. The Bertz CT molecular complexity index is 222. The molecule has 1 aliphatic rings. The quantitative estimate of drug-likeness (QED) is 0.682. The van der Waals surface area contributed by atoms with Crippen LogP contribution >= 0.6 is 0 Å². The van der Waals surface area contributed by atoms with Gasteiger partial charge in [-0.2, -0.15) is 0 Å². The first-order valence-electron chi connectivity index (χ1n) is 5.98. The van der Waals surface area contributed by atoms with Gasteiger partial charge in [-0.3, -0.25) is 10.1 Å². The van der Waals surface area contributed by atoms with E-state index in [9.17, 15) is 4.79 Å². The molecule has 0 spiro atoms. The molecule has 0 heterocycles. The molecule has 2 N–H and O–H groups in total. The molecule has 0 aromatic carbocycles. The zero-order valence-electron chi connectivity index (χ0n) is 10.0. The van der Waals surface area contributed by atoms with Crippen molar-refractivity contribution in [1.29, 1.82) is 0 Å². The third-order valence-electron chi connectivity index (χ3n) is 3.29. The van der Waals surface area contributed by atoms with E-state index < -0.39 is 5.97 Å². The summed E-state index contributed by atoms with van der Waals surface area (Å²) in [7, 11) is 0. The molecule has 15 heavy (non-hydrogen) atoms. The molecule has 0 saturated heterocycles. The second kappa shape index (κ2) is 4.97. The second-order valence-electron chi connectivity index (χ2n) is 5.17. The van der Waals surface area contributed by atoms with Gasteiger partial charge in [-0.05, 0) is 39.0 Å². The van der Waals surface area contributed by atoms with Crippen LogP contribution in [0.1, 0.15) is 52.9 Å². The first kappa shape index (κ1) is 12.5. The Kier molecular flexibility index (Phi) is 4.14. The molecule has 0 radical (unpaired) electrons. The highest BCUT2D eigenvalue weighted by Gasteiger charge is 2.39. The topological polar surface area (TPSA) is 49.3 Å². The maximum absolute atomic E-state index is 11.1. The number of carboxylic acids is 1. The maximum Gasteiger partial charge on any atom is 0.320 e. The van der Waals surface area contributed by atoms with Crippen LogP contribution in [-0.2, 0) is 4.79 Å². The molecule has 1 saturated carbocycles. The number of nitrogens with one attached hydrogen (secondary N) is 1. The van der Waals surface area contributed by atoms with Crippen molar-refractivity contribution >= 4 is 5.97 Å². The number of carboxylic acid groups (broad SMARTS) is 1. The molecule has 1 atom stereocenters. The Morgan fingerprint density at radius 2 is 2.13 bits per heavy atom. The average molecular weight is 213 g/mol. The molecule has 1 aliphatic carbocycles. The highest BCUT2D eigenvalue weighted by molar-refractivity contribution is 5.73. The fraction of sp³-hybridized carbons (Fsp3) is 0.917. The molecule has 0 amide bonds. The van der Waals surface area contributed by atoms with Gasteiger partial charge in [0, 0.05) is 5.54 Å². The summed E-state index contributed by atoms with van der Waals surface area (Å²) in [6.45, 7) is 6.32. The summed E-state index contributed by atoms with van der Waals surface area (Å²) < 4.78 is 0. The van der Waals surface area contributed by atoms with Crippen molar-refractivity contribution in [1.82, 2.24) is 5.32 Å². The zero-order valence-corrected chi connectivity index (χ0v) is 10.0. The highest BCUT2D eigenvalue weighted by Crippen LogP contribution is 2.39. The second-order valence-corrected chi connectivity index (χ2v) is 5.17. The average Bonchev–Trinajstić information content (AvgIpc) is 2.94. The van der Waals surface area contributed by atoms with Crippen LogP contribution in [0.25, 0.3) is 0 Å². The summed E-state index contributed by atoms with van der Waals surface area (Å²) in [6, 6.07) is -0.374. The first-order chi connectivity index (χ1) is 6.97. The van der Waals surface area contributed by atoms with Crippen LogP contribution in [0.5, 0.6) is 0 Å². The molecule has 3 nitrogen and oxygen atoms in total. The van der Waals surface area contributed by atoms with Crippen molar-refractivity contribution in [3.05, 3.63) is 0 Å². The van der Waals surface area contributed by atoms with Gasteiger partial charge in [-0.25, -0.2) is 0 Å². The van der Waals surface area contributed by atoms with Crippen LogP contribution in [-0.4, -0.2) is 22.7 Å². The van der Waals surface area contributed by atoms with Crippen molar-refractivity contribution in [3.8, 4) is 0 Å². The summed E-state index contributed by atoms with van der Waals surface area (Å²) >= 11 is 0. The fourth-order valence-electron chi connectivity index (χ4n) is 2.04. The Balaban J connectivity index is 2.45. The lowest BCUT2D eigenvalue weighted by atomic mass is 9.96. The van der Waals surface area contributed by atoms with Crippen molar-refractivity contribution in [3.63, 3.8) is 0 Å². The van der Waals surface area contributed by atoms with Gasteiger partial charge < -0.3 is 5.11 Å². The minimum Gasteiger partial charge on any atom is -0.480 e. The van der Waals surface area contributed by atoms with Gasteiger partial charge in [0.15, 0.2) is 0 Å². The summed E-state index contributed by atoms with van der Waals surface area (Å²) in [5, 5.41) is 12.4. The Labute approximate surface area is 92.3 Å². The van der Waals surface area contributed by atoms with E-state index in [2.05, 4.69) is 26.1 Å². The Morgan fingerprint density at radius 1 is 1.53 bits per heavy atom. The predicted octanol–water partition coefficient (Wildman–Crippen LogP) is 2.41. The van der Waals surface area contributed by atoms with Crippen LogP contribution < -0.4 is 5.32 Å². The first-order valence-corrected chi connectivity index (χ1v) is 5.98. The van der Waals surface area contributed by atoms with E-state index in [0.717, 1.165) is 19.3 Å². The van der Waals surface area contributed by atoms with E-state index in [-0.39, 0.29) is 11.6 Å². The number of rotatable bonds is 7. The summed E-state index contributed by atoms with van der Waals surface area (Å²) in [5.74, 6) is -0.0434. The van der Waals surface area contributed by atoms with Gasteiger partial charge in [0.2, 0.25) is 0 Å². The largest absolute Gasteiger partial charge is 0.480 e. The molecule has 3 heteroatoms. The lowest BCUT2D eigenvalue weighted by Crippen LogP contribution is -2.50. The van der Waals surface area contributed by atoms with Gasteiger partial charge >= 0.3 is 5.97 Å². The molecule has 0 aliphatic heterocycles. The maximum atomic E-state index is 11.1. The molecular weight excluding hydrogens is 190 g/mol. The van der Waals surface area contributed by atoms with Crippen molar-refractivity contribution in [2.45, 2.75) is 64.5 Å². The van der Waals surface area contributed by atoms with Gasteiger partial charge in [-0.15, -0.1) is 0 Å². The smallest absolute Gasteiger partial charge is 0.320 e. The zero-order chi connectivity index (χ0) is 11.5. The standard InChI is InChI=1S/C12H23NO2/c1-4-5-6-10(11(14)15)13-12(2,3)9-7-8-9/h9-10,13H,4-8H2,1-3H3,(H,14,15). The third-order valence-corrected chi connectivity index (χ3v) is 3.29. The molecule has 0 aromatic rings. The summed E-state index contributed by atoms with van der Waals surface area (Å²) in [4.78, 5) is 11.1. The van der Waals surface area contributed by atoms with Crippen LogP contribution in [0.4, 0.5) is 0 Å². The van der Waals surface area contributed by atoms with E-state index in [4.69, 9.17) is 5.11 Å². The van der Waals surface area contributed by atoms with Crippen LogP contribution in [0.15, 0.2) is 0 Å². The summed E-state index contributed by atoms with van der Waals surface area (Å²) in [6.07, 6.45) is 5.24. The van der Waals surface area contributed by atoms with E-state index >= 15 is 0 Å². The Morgan fingerprint density at radius 3 is 2.53 bits per heavy atom. The van der Waals surface area contributed by atoms with Gasteiger partial charge in [0.1, 0.15) is 6.04 Å².